The molecule has 7 heteroatoms. The molecule has 164 valence electrons. The van der Waals surface area contributed by atoms with Gasteiger partial charge in [0.25, 0.3) is 0 Å². The first-order valence-corrected chi connectivity index (χ1v) is 10.6. The van der Waals surface area contributed by atoms with Gasteiger partial charge in [0.05, 0.1) is 25.8 Å². The first-order valence-electron chi connectivity index (χ1n) is 10.6. The molecule has 0 radical (unpaired) electrons. The van der Waals surface area contributed by atoms with E-state index in [0.29, 0.717) is 6.54 Å². The Morgan fingerprint density at radius 1 is 1.13 bits per heavy atom. The lowest BCUT2D eigenvalue weighted by Crippen LogP contribution is -2.74. The Balaban J connectivity index is 1.53. The van der Waals surface area contributed by atoms with Crippen LogP contribution in [0.25, 0.3) is 11.1 Å². The van der Waals surface area contributed by atoms with E-state index in [0.717, 1.165) is 22.4 Å². The van der Waals surface area contributed by atoms with E-state index in [4.69, 9.17) is 4.74 Å². The zero-order valence-electron chi connectivity index (χ0n) is 18.1. The molecule has 3 atom stereocenters. The van der Waals surface area contributed by atoms with Gasteiger partial charge in [-0.2, -0.15) is 0 Å². The normalized spacial score (nSPS) is 22.7. The summed E-state index contributed by atoms with van der Waals surface area (Å²) in [5.74, 6) is 0.697. The van der Waals surface area contributed by atoms with E-state index in [2.05, 4.69) is 29.6 Å². The molecule has 3 amide bonds. The number of methoxy groups -OCH3 is 1. The number of benzene rings is 2. The summed E-state index contributed by atoms with van der Waals surface area (Å²) in [6.45, 7) is 4.22. The van der Waals surface area contributed by atoms with Crippen molar-refractivity contribution in [3.63, 3.8) is 0 Å². The minimum Gasteiger partial charge on any atom is -0.497 e. The molecule has 2 heterocycles. The summed E-state index contributed by atoms with van der Waals surface area (Å²) < 4.78 is 5.22. The number of rotatable bonds is 5. The smallest absolute Gasteiger partial charge is 0.318 e. The van der Waals surface area contributed by atoms with Crippen LogP contribution in [0.5, 0.6) is 5.75 Å². The van der Waals surface area contributed by atoms with Crippen LogP contribution in [0.15, 0.2) is 48.5 Å². The van der Waals surface area contributed by atoms with E-state index in [-0.39, 0.29) is 49.1 Å². The molecule has 0 bridgehead atoms. The van der Waals surface area contributed by atoms with Gasteiger partial charge in [-0.1, -0.05) is 36.4 Å². The highest BCUT2D eigenvalue weighted by molar-refractivity contribution is 5.87. The summed E-state index contributed by atoms with van der Waals surface area (Å²) in [6, 6.07) is 15.5. The molecule has 0 unspecified atom stereocenters. The number of nitrogens with one attached hydrogen (secondary N) is 1. The van der Waals surface area contributed by atoms with Crippen LogP contribution in [0.3, 0.4) is 0 Å². The zero-order chi connectivity index (χ0) is 22.1. The third-order valence-corrected chi connectivity index (χ3v) is 6.17. The SMILES string of the molecule is COc1ccc(-c2ccc([C@@H]3[C@H]4CN(C(=O)NC(C)C)CC(=O)N4[C@H]3CO)cc2)cc1. The maximum atomic E-state index is 12.7. The van der Waals surface area contributed by atoms with Crippen LogP contribution in [0.1, 0.15) is 25.3 Å². The number of hydrogen-bond donors (Lipinski definition) is 2. The number of hydrogen-bond acceptors (Lipinski definition) is 4. The molecule has 2 aromatic carbocycles. The number of piperazine rings is 1. The molecule has 2 aromatic rings. The molecule has 2 fully saturated rings. The van der Waals surface area contributed by atoms with E-state index in [9.17, 15) is 14.7 Å². The number of ether oxygens (including phenoxy) is 1. The lowest BCUT2D eigenvalue weighted by Gasteiger charge is -2.58. The highest BCUT2D eigenvalue weighted by atomic mass is 16.5. The van der Waals surface area contributed by atoms with Crippen molar-refractivity contribution >= 4 is 11.9 Å². The third kappa shape index (κ3) is 3.97. The van der Waals surface area contributed by atoms with E-state index < -0.39 is 0 Å². The first kappa shape index (κ1) is 21.2. The van der Waals surface area contributed by atoms with Crippen LogP contribution < -0.4 is 10.1 Å². The van der Waals surface area contributed by atoms with Crippen molar-refractivity contribution in [2.24, 2.45) is 0 Å². The second kappa shape index (κ2) is 8.59. The average molecular weight is 424 g/mol. The molecule has 4 rings (SSSR count). The van der Waals surface area contributed by atoms with Crippen LogP contribution in [0.4, 0.5) is 4.79 Å². The summed E-state index contributed by atoms with van der Waals surface area (Å²) in [6.07, 6.45) is 0. The number of urea groups is 1. The Morgan fingerprint density at radius 2 is 1.74 bits per heavy atom. The van der Waals surface area contributed by atoms with Gasteiger partial charge in [-0.15, -0.1) is 0 Å². The number of aliphatic hydroxyl groups excluding tert-OH is 1. The lowest BCUT2D eigenvalue weighted by molar-refractivity contribution is -0.159. The zero-order valence-corrected chi connectivity index (χ0v) is 18.1. The molecule has 2 aliphatic heterocycles. The second-order valence-electron chi connectivity index (χ2n) is 8.48. The highest BCUT2D eigenvalue weighted by Crippen LogP contribution is 2.43. The standard InChI is InChI=1S/C24H29N3O4/c1-15(2)25-24(30)26-12-20-23(21(14-28)27(20)22(29)13-26)18-6-4-16(5-7-18)17-8-10-19(31-3)11-9-17/h4-11,15,20-21,23,28H,12-14H2,1-3H3,(H,25,30)/t20-,21+,23-/m1/s1. The molecule has 31 heavy (non-hydrogen) atoms. The number of carbonyl (C=O) groups excluding carboxylic acids is 2. The van der Waals surface area contributed by atoms with E-state index in [1.54, 1.807) is 16.9 Å². The quantitative estimate of drug-likeness (QED) is 0.774. The Kier molecular flexibility index (Phi) is 5.87. The molecule has 2 aliphatic rings. The van der Waals surface area contributed by atoms with Crippen LogP contribution in [0, 0.1) is 0 Å². The Bertz CT molecular complexity index is 942. The highest BCUT2D eigenvalue weighted by Gasteiger charge is 2.54. The van der Waals surface area contributed by atoms with Crippen LogP contribution in [0.2, 0.25) is 0 Å². The molecule has 2 saturated heterocycles. The summed E-state index contributed by atoms with van der Waals surface area (Å²) in [4.78, 5) is 28.5. The average Bonchev–Trinajstić information content (AvgIpc) is 2.75. The van der Waals surface area contributed by atoms with Crippen molar-refractivity contribution in [1.29, 1.82) is 0 Å². The van der Waals surface area contributed by atoms with Gasteiger partial charge in [0.2, 0.25) is 5.91 Å². The van der Waals surface area contributed by atoms with Gasteiger partial charge < -0.3 is 25.0 Å². The molecule has 0 saturated carbocycles. The van der Waals surface area contributed by atoms with Crippen molar-refractivity contribution < 1.29 is 19.4 Å². The number of aliphatic hydroxyl groups is 1. The van der Waals surface area contributed by atoms with E-state index >= 15 is 0 Å². The van der Waals surface area contributed by atoms with Gasteiger partial charge in [-0.25, -0.2) is 4.79 Å². The van der Waals surface area contributed by atoms with Crippen LogP contribution >= 0.6 is 0 Å². The second-order valence-corrected chi connectivity index (χ2v) is 8.48. The largest absolute Gasteiger partial charge is 0.497 e. The number of carbonyl (C=O) groups is 2. The lowest BCUT2D eigenvalue weighted by atomic mass is 9.73. The predicted molar refractivity (Wildman–Crippen MR) is 118 cm³/mol. The van der Waals surface area contributed by atoms with Crippen molar-refractivity contribution in [3.8, 4) is 16.9 Å². The topological polar surface area (TPSA) is 82.1 Å². The van der Waals surface area contributed by atoms with Crippen molar-refractivity contribution in [2.45, 2.75) is 37.9 Å². The fourth-order valence-corrected chi connectivity index (χ4v) is 4.67. The Labute approximate surface area is 182 Å². The Morgan fingerprint density at radius 3 is 2.29 bits per heavy atom. The molecular formula is C24H29N3O4. The summed E-state index contributed by atoms with van der Waals surface area (Å²) in [5, 5.41) is 12.8. The van der Waals surface area contributed by atoms with Gasteiger partial charge in [0.1, 0.15) is 12.3 Å². The monoisotopic (exact) mass is 423 g/mol. The van der Waals surface area contributed by atoms with Crippen LogP contribution in [-0.2, 0) is 4.79 Å². The fraction of sp³-hybridized carbons (Fsp3) is 0.417. The Hall–Kier alpha value is -3.06. The summed E-state index contributed by atoms with van der Waals surface area (Å²) in [5.41, 5.74) is 3.24. The first-order chi connectivity index (χ1) is 14.9. The van der Waals surface area contributed by atoms with Gasteiger partial charge >= 0.3 is 6.03 Å². The van der Waals surface area contributed by atoms with Gasteiger partial charge in [0.15, 0.2) is 0 Å². The number of amides is 3. The molecule has 2 N–H and O–H groups in total. The summed E-state index contributed by atoms with van der Waals surface area (Å²) in [7, 11) is 1.65. The molecule has 0 aromatic heterocycles. The van der Waals surface area contributed by atoms with Gasteiger partial charge in [0, 0.05) is 18.5 Å². The van der Waals surface area contributed by atoms with E-state index in [1.807, 2.05) is 38.1 Å². The maximum Gasteiger partial charge on any atom is 0.318 e. The molecule has 0 spiro atoms. The third-order valence-electron chi connectivity index (χ3n) is 6.17. The number of fused-ring (bicyclic) bond motifs is 1. The summed E-state index contributed by atoms with van der Waals surface area (Å²) >= 11 is 0. The minimum absolute atomic E-state index is 0.00600. The van der Waals surface area contributed by atoms with Crippen molar-refractivity contribution in [1.82, 2.24) is 15.1 Å². The molecule has 7 nitrogen and oxygen atoms in total. The van der Waals surface area contributed by atoms with E-state index in [1.165, 1.54) is 0 Å². The molecule has 0 aliphatic carbocycles. The van der Waals surface area contributed by atoms with Crippen molar-refractivity contribution in [2.75, 3.05) is 26.8 Å². The maximum absolute atomic E-state index is 12.7. The minimum atomic E-state index is -0.250. The predicted octanol–water partition coefficient (Wildman–Crippen LogP) is 2.45. The van der Waals surface area contributed by atoms with Gasteiger partial charge in [-0.05, 0) is 42.7 Å². The number of nitrogens with zero attached hydrogens (tertiary/aromatic N) is 2. The van der Waals surface area contributed by atoms with Gasteiger partial charge in [-0.3, -0.25) is 4.79 Å². The molecular weight excluding hydrogens is 394 g/mol. The van der Waals surface area contributed by atoms with Crippen molar-refractivity contribution in [3.05, 3.63) is 54.1 Å². The fourth-order valence-electron chi connectivity index (χ4n) is 4.67. The van der Waals surface area contributed by atoms with Crippen LogP contribution in [-0.4, -0.2) is 71.8 Å².